The molecule has 0 atom stereocenters. The second-order valence-corrected chi connectivity index (χ2v) is 9.49. The largest absolute Gasteiger partial charge is 0.494 e. The maximum absolute atomic E-state index is 14.6. The summed E-state index contributed by atoms with van der Waals surface area (Å²) in [6.07, 6.45) is 0. The lowest BCUT2D eigenvalue weighted by Crippen LogP contribution is -2.36. The fraction of sp³-hybridized carbons (Fsp3) is 0.240. The number of morpholine rings is 1. The quantitative estimate of drug-likeness (QED) is 0.484. The monoisotopic (exact) mass is 499 g/mol. The topological polar surface area (TPSA) is 97.0 Å². The molecule has 0 aromatic heterocycles. The van der Waals surface area contributed by atoms with Gasteiger partial charge in [0.1, 0.15) is 11.6 Å². The van der Waals surface area contributed by atoms with E-state index in [0.29, 0.717) is 55.7 Å². The van der Waals surface area contributed by atoms with Crippen LogP contribution in [0, 0.1) is 5.82 Å². The van der Waals surface area contributed by atoms with Gasteiger partial charge in [-0.1, -0.05) is 0 Å². The van der Waals surface area contributed by atoms with Crippen molar-refractivity contribution in [2.24, 2.45) is 0 Å². The van der Waals surface area contributed by atoms with Gasteiger partial charge in [-0.15, -0.1) is 0 Å². The van der Waals surface area contributed by atoms with Gasteiger partial charge in [-0.25, -0.2) is 12.8 Å². The van der Waals surface area contributed by atoms with Crippen LogP contribution in [-0.2, 0) is 14.8 Å². The summed E-state index contributed by atoms with van der Waals surface area (Å²) in [5.74, 6) is -0.278. The smallest absolute Gasteiger partial charge is 0.261 e. The summed E-state index contributed by atoms with van der Waals surface area (Å²) in [6, 6.07) is 16.6. The molecule has 1 heterocycles. The van der Waals surface area contributed by atoms with Crippen molar-refractivity contribution >= 4 is 33.0 Å². The summed E-state index contributed by atoms with van der Waals surface area (Å²) >= 11 is 0. The lowest BCUT2D eigenvalue weighted by molar-refractivity contribution is 0.102. The molecule has 0 bridgehead atoms. The molecule has 3 aromatic carbocycles. The molecule has 1 saturated heterocycles. The number of ether oxygens (including phenoxy) is 2. The third-order valence-electron chi connectivity index (χ3n) is 5.40. The summed E-state index contributed by atoms with van der Waals surface area (Å²) in [5.41, 5.74) is 1.39. The molecule has 1 aliphatic rings. The minimum atomic E-state index is -3.85. The molecule has 35 heavy (non-hydrogen) atoms. The maximum atomic E-state index is 14.6. The van der Waals surface area contributed by atoms with Crippen LogP contribution in [-0.4, -0.2) is 47.2 Å². The van der Waals surface area contributed by atoms with Gasteiger partial charge < -0.3 is 19.7 Å². The van der Waals surface area contributed by atoms with E-state index in [-0.39, 0.29) is 10.5 Å². The number of halogens is 1. The number of hydrogen-bond donors (Lipinski definition) is 2. The zero-order valence-electron chi connectivity index (χ0n) is 19.2. The van der Waals surface area contributed by atoms with Crippen LogP contribution < -0.4 is 19.7 Å². The van der Waals surface area contributed by atoms with Crippen molar-refractivity contribution in [3.63, 3.8) is 0 Å². The van der Waals surface area contributed by atoms with E-state index in [1.54, 1.807) is 36.4 Å². The number of rotatable bonds is 8. The predicted octanol–water partition coefficient (Wildman–Crippen LogP) is 4.11. The lowest BCUT2D eigenvalue weighted by atomic mass is 10.2. The zero-order valence-corrected chi connectivity index (χ0v) is 20.0. The fourth-order valence-corrected chi connectivity index (χ4v) is 4.69. The second-order valence-electron chi connectivity index (χ2n) is 7.81. The molecule has 2 N–H and O–H groups in total. The van der Waals surface area contributed by atoms with Gasteiger partial charge in [-0.3, -0.25) is 9.52 Å². The molecule has 0 radical (unpaired) electrons. The lowest BCUT2D eigenvalue weighted by Gasteiger charge is -2.29. The standard InChI is InChI=1S/C25H26FN3O5S/c1-2-34-21-8-5-19(6-9-21)28-35(31,32)22-10-3-18(4-11-22)25(30)27-20-7-12-24(23(26)17-20)29-13-15-33-16-14-29/h3-12,17,28H,2,13-16H2,1H3,(H,27,30). The molecular formula is C25H26FN3O5S. The van der Waals surface area contributed by atoms with Crippen molar-refractivity contribution in [1.82, 2.24) is 0 Å². The van der Waals surface area contributed by atoms with Crippen LogP contribution in [0.1, 0.15) is 17.3 Å². The van der Waals surface area contributed by atoms with Crippen LogP contribution in [0.5, 0.6) is 5.75 Å². The number of benzene rings is 3. The Labute approximate surface area is 203 Å². The van der Waals surface area contributed by atoms with E-state index < -0.39 is 21.7 Å². The summed E-state index contributed by atoms with van der Waals surface area (Å²) in [6.45, 7) is 4.66. The van der Waals surface area contributed by atoms with E-state index in [1.807, 2.05) is 11.8 Å². The van der Waals surface area contributed by atoms with Crippen molar-refractivity contribution in [3.8, 4) is 5.75 Å². The van der Waals surface area contributed by atoms with Crippen LogP contribution in [0.2, 0.25) is 0 Å². The van der Waals surface area contributed by atoms with Crippen molar-refractivity contribution < 1.29 is 27.1 Å². The predicted molar refractivity (Wildman–Crippen MR) is 132 cm³/mol. The molecule has 8 nitrogen and oxygen atoms in total. The van der Waals surface area contributed by atoms with E-state index in [2.05, 4.69) is 10.0 Å². The number of hydrogen-bond acceptors (Lipinski definition) is 6. The minimum absolute atomic E-state index is 0.00356. The van der Waals surface area contributed by atoms with Gasteiger partial charge in [-0.2, -0.15) is 0 Å². The highest BCUT2D eigenvalue weighted by Crippen LogP contribution is 2.25. The number of sulfonamides is 1. The number of anilines is 3. The molecule has 0 spiro atoms. The summed E-state index contributed by atoms with van der Waals surface area (Å²) < 4.78 is 53.1. The Hall–Kier alpha value is -3.63. The van der Waals surface area contributed by atoms with E-state index in [1.165, 1.54) is 30.3 Å². The van der Waals surface area contributed by atoms with Crippen molar-refractivity contribution in [2.45, 2.75) is 11.8 Å². The van der Waals surface area contributed by atoms with E-state index >= 15 is 0 Å². The SMILES string of the molecule is CCOc1ccc(NS(=O)(=O)c2ccc(C(=O)Nc3ccc(N4CCOCC4)c(F)c3)cc2)cc1. The molecule has 0 aliphatic carbocycles. The molecule has 4 rings (SSSR count). The first-order valence-electron chi connectivity index (χ1n) is 11.1. The van der Waals surface area contributed by atoms with Gasteiger partial charge in [0, 0.05) is 30.0 Å². The van der Waals surface area contributed by atoms with E-state index in [0.717, 1.165) is 0 Å². The normalized spacial score (nSPS) is 13.8. The van der Waals surface area contributed by atoms with E-state index in [4.69, 9.17) is 9.47 Å². The molecule has 1 aliphatic heterocycles. The van der Waals surface area contributed by atoms with Gasteiger partial charge in [0.05, 0.1) is 30.4 Å². The van der Waals surface area contributed by atoms with Crippen LogP contribution >= 0.6 is 0 Å². The fourth-order valence-electron chi connectivity index (χ4n) is 3.63. The number of carbonyl (C=O) groups excluding carboxylic acids is 1. The Balaban J connectivity index is 1.40. The Morgan fingerprint density at radius 1 is 1.00 bits per heavy atom. The van der Waals surface area contributed by atoms with Crippen molar-refractivity contribution in [1.29, 1.82) is 0 Å². The molecule has 0 saturated carbocycles. The number of carbonyl (C=O) groups is 1. The highest BCUT2D eigenvalue weighted by atomic mass is 32.2. The first-order chi connectivity index (χ1) is 16.9. The Kier molecular flexibility index (Phi) is 7.52. The van der Waals surface area contributed by atoms with Crippen molar-refractivity contribution in [2.75, 3.05) is 47.8 Å². The maximum Gasteiger partial charge on any atom is 0.261 e. The summed E-state index contributed by atoms with van der Waals surface area (Å²) in [5, 5.41) is 2.64. The molecule has 3 aromatic rings. The van der Waals surface area contributed by atoms with E-state index in [9.17, 15) is 17.6 Å². The van der Waals surface area contributed by atoms with Gasteiger partial charge in [-0.05, 0) is 73.7 Å². The third kappa shape index (κ3) is 6.09. The van der Waals surface area contributed by atoms with Crippen LogP contribution in [0.15, 0.2) is 71.6 Å². The van der Waals surface area contributed by atoms with Gasteiger partial charge in [0.15, 0.2) is 0 Å². The first-order valence-corrected chi connectivity index (χ1v) is 12.6. The van der Waals surface area contributed by atoms with Gasteiger partial charge >= 0.3 is 0 Å². The molecule has 184 valence electrons. The Morgan fingerprint density at radius 3 is 2.29 bits per heavy atom. The second kappa shape index (κ2) is 10.7. The molecule has 10 heteroatoms. The van der Waals surface area contributed by atoms with Crippen molar-refractivity contribution in [3.05, 3.63) is 78.1 Å². The number of nitrogens with one attached hydrogen (secondary N) is 2. The van der Waals surface area contributed by atoms with Crippen LogP contribution in [0.25, 0.3) is 0 Å². The molecule has 1 fully saturated rings. The molecular weight excluding hydrogens is 473 g/mol. The zero-order chi connectivity index (χ0) is 24.8. The van der Waals surface area contributed by atoms with Gasteiger partial charge in [0.2, 0.25) is 0 Å². The van der Waals surface area contributed by atoms with Crippen LogP contribution in [0.4, 0.5) is 21.5 Å². The average molecular weight is 500 g/mol. The third-order valence-corrected chi connectivity index (χ3v) is 6.80. The van der Waals surface area contributed by atoms with Crippen LogP contribution in [0.3, 0.4) is 0 Å². The Bertz CT molecular complexity index is 1280. The highest BCUT2D eigenvalue weighted by Gasteiger charge is 2.18. The first kappa shape index (κ1) is 24.5. The number of nitrogens with zero attached hydrogens (tertiary/aromatic N) is 1. The van der Waals surface area contributed by atoms with Gasteiger partial charge in [0.25, 0.3) is 15.9 Å². The average Bonchev–Trinajstić information content (AvgIpc) is 2.86. The Morgan fingerprint density at radius 2 is 1.66 bits per heavy atom. The summed E-state index contributed by atoms with van der Waals surface area (Å²) in [7, 11) is -3.85. The highest BCUT2D eigenvalue weighted by molar-refractivity contribution is 7.92. The summed E-state index contributed by atoms with van der Waals surface area (Å²) in [4.78, 5) is 14.5. The number of amides is 1. The minimum Gasteiger partial charge on any atom is -0.494 e. The molecule has 0 unspecified atom stereocenters. The molecule has 1 amide bonds.